The summed E-state index contributed by atoms with van der Waals surface area (Å²) >= 11 is 0. The Morgan fingerprint density at radius 2 is 2.03 bits per heavy atom. The van der Waals surface area contributed by atoms with Gasteiger partial charge in [-0.25, -0.2) is 15.0 Å². The zero-order valence-electron chi connectivity index (χ0n) is 16.6. The van der Waals surface area contributed by atoms with Gasteiger partial charge in [-0.1, -0.05) is 12.1 Å². The standard InChI is InChI=1S/C22H20N6O3/c29-22(12-30-13-22)15-1-3-16(4-2-15)26-19-20-24-5-7-28(20)11-18(27-19)14-9-17-21(25-10-14)31-8-6-23-17/h1-5,7,9-11,23,29H,6,8,12-13H2,(H,26,27). The second-order valence-corrected chi connectivity index (χ2v) is 7.71. The highest BCUT2D eigenvalue weighted by Gasteiger charge is 2.37. The maximum Gasteiger partial charge on any atom is 0.237 e. The maximum absolute atomic E-state index is 10.4. The first-order valence-corrected chi connectivity index (χ1v) is 10.1. The molecule has 3 N–H and O–H groups in total. The summed E-state index contributed by atoms with van der Waals surface area (Å²) in [5.41, 5.74) is 4.01. The van der Waals surface area contributed by atoms with E-state index in [-0.39, 0.29) is 0 Å². The number of nitrogens with one attached hydrogen (secondary N) is 2. The fraction of sp³-hybridized carbons (Fsp3) is 0.227. The van der Waals surface area contributed by atoms with Gasteiger partial charge in [0.1, 0.15) is 12.2 Å². The fourth-order valence-electron chi connectivity index (χ4n) is 3.78. The van der Waals surface area contributed by atoms with Gasteiger partial charge in [0.05, 0.1) is 24.6 Å². The molecule has 31 heavy (non-hydrogen) atoms. The van der Waals surface area contributed by atoms with Crippen LogP contribution in [0, 0.1) is 0 Å². The van der Waals surface area contributed by atoms with E-state index in [2.05, 4.69) is 20.6 Å². The zero-order chi connectivity index (χ0) is 20.8. The fourth-order valence-corrected chi connectivity index (χ4v) is 3.78. The number of anilines is 3. The summed E-state index contributed by atoms with van der Waals surface area (Å²) in [6.45, 7) is 2.01. The molecule has 0 aliphatic carbocycles. The van der Waals surface area contributed by atoms with Crippen LogP contribution in [0.3, 0.4) is 0 Å². The van der Waals surface area contributed by atoms with E-state index in [0.29, 0.717) is 37.2 Å². The summed E-state index contributed by atoms with van der Waals surface area (Å²) < 4.78 is 12.6. The molecule has 1 aromatic carbocycles. The van der Waals surface area contributed by atoms with E-state index in [1.54, 1.807) is 12.4 Å². The predicted molar refractivity (Wildman–Crippen MR) is 115 cm³/mol. The lowest BCUT2D eigenvalue weighted by atomic mass is 9.92. The largest absolute Gasteiger partial charge is 0.474 e. The number of hydrogen-bond donors (Lipinski definition) is 3. The number of aromatic nitrogens is 4. The lowest BCUT2D eigenvalue weighted by molar-refractivity contribution is -0.184. The molecule has 0 atom stereocenters. The monoisotopic (exact) mass is 416 g/mol. The van der Waals surface area contributed by atoms with Crippen LogP contribution in [0.25, 0.3) is 16.9 Å². The second kappa shape index (κ2) is 6.93. The van der Waals surface area contributed by atoms with Crippen LogP contribution in [0.4, 0.5) is 17.2 Å². The van der Waals surface area contributed by atoms with Crippen molar-refractivity contribution in [1.29, 1.82) is 0 Å². The van der Waals surface area contributed by atoms with Gasteiger partial charge in [-0.15, -0.1) is 0 Å². The minimum Gasteiger partial charge on any atom is -0.474 e. The molecule has 0 radical (unpaired) electrons. The molecule has 0 unspecified atom stereocenters. The predicted octanol–water partition coefficient (Wildman–Crippen LogP) is 2.56. The third-order valence-electron chi connectivity index (χ3n) is 5.54. The highest BCUT2D eigenvalue weighted by molar-refractivity contribution is 5.75. The first kappa shape index (κ1) is 18.1. The van der Waals surface area contributed by atoms with Crippen LogP contribution in [0.2, 0.25) is 0 Å². The van der Waals surface area contributed by atoms with Crippen LogP contribution < -0.4 is 15.4 Å². The lowest BCUT2D eigenvalue weighted by Crippen LogP contribution is -2.46. The SMILES string of the molecule is OC1(c2ccc(Nc3nc(-c4cnc5c(c4)NCCO5)cn4ccnc34)cc2)COC1. The van der Waals surface area contributed by atoms with Crippen molar-refractivity contribution in [3.05, 3.63) is 60.7 Å². The van der Waals surface area contributed by atoms with Gasteiger partial charge in [0.2, 0.25) is 5.88 Å². The summed E-state index contributed by atoms with van der Waals surface area (Å²) in [6.07, 6.45) is 7.31. The summed E-state index contributed by atoms with van der Waals surface area (Å²) in [5, 5.41) is 17.1. The normalized spacial score (nSPS) is 16.7. The number of fused-ring (bicyclic) bond motifs is 2. The molecule has 1 fully saturated rings. The van der Waals surface area contributed by atoms with Crippen molar-refractivity contribution in [2.45, 2.75) is 5.60 Å². The first-order chi connectivity index (χ1) is 15.2. The van der Waals surface area contributed by atoms with Crippen molar-refractivity contribution in [3.8, 4) is 17.1 Å². The molecule has 9 nitrogen and oxygen atoms in total. The van der Waals surface area contributed by atoms with Crippen LogP contribution in [-0.4, -0.2) is 50.8 Å². The van der Waals surface area contributed by atoms with E-state index in [9.17, 15) is 5.11 Å². The maximum atomic E-state index is 10.4. The van der Waals surface area contributed by atoms with Crippen LogP contribution >= 0.6 is 0 Å². The van der Waals surface area contributed by atoms with Crippen molar-refractivity contribution < 1.29 is 14.6 Å². The highest BCUT2D eigenvalue weighted by Crippen LogP contribution is 2.32. The Hall–Kier alpha value is -3.69. The van der Waals surface area contributed by atoms with Crippen molar-refractivity contribution in [2.24, 2.45) is 0 Å². The summed E-state index contributed by atoms with van der Waals surface area (Å²) in [4.78, 5) is 13.7. The minimum atomic E-state index is -0.885. The molecule has 4 aromatic rings. The summed E-state index contributed by atoms with van der Waals surface area (Å²) in [5.74, 6) is 1.23. The topological polar surface area (TPSA) is 106 Å². The molecule has 0 saturated carbocycles. The Balaban J connectivity index is 1.35. The van der Waals surface area contributed by atoms with Gasteiger partial charge in [0.15, 0.2) is 11.5 Å². The second-order valence-electron chi connectivity index (χ2n) is 7.71. The third-order valence-corrected chi connectivity index (χ3v) is 5.54. The minimum absolute atomic E-state index is 0.326. The van der Waals surface area contributed by atoms with E-state index >= 15 is 0 Å². The Morgan fingerprint density at radius 1 is 1.16 bits per heavy atom. The van der Waals surface area contributed by atoms with E-state index in [1.807, 2.05) is 47.1 Å². The highest BCUT2D eigenvalue weighted by atomic mass is 16.5. The van der Waals surface area contributed by atoms with Crippen molar-refractivity contribution in [2.75, 3.05) is 37.0 Å². The number of aliphatic hydroxyl groups is 1. The molecule has 156 valence electrons. The number of pyridine rings is 1. The van der Waals surface area contributed by atoms with Crippen molar-refractivity contribution in [3.63, 3.8) is 0 Å². The van der Waals surface area contributed by atoms with Gasteiger partial charge < -0.3 is 29.6 Å². The smallest absolute Gasteiger partial charge is 0.237 e. The molecular formula is C22H20N6O3. The number of ether oxygens (including phenoxy) is 2. The first-order valence-electron chi connectivity index (χ1n) is 10.1. The number of nitrogens with zero attached hydrogens (tertiary/aromatic N) is 4. The third kappa shape index (κ3) is 3.15. The Labute approximate surface area is 177 Å². The van der Waals surface area contributed by atoms with Crippen LogP contribution in [0.5, 0.6) is 5.88 Å². The van der Waals surface area contributed by atoms with E-state index in [4.69, 9.17) is 14.5 Å². The average Bonchev–Trinajstić information content (AvgIpc) is 3.27. The Bertz CT molecular complexity index is 1270. The Kier molecular flexibility index (Phi) is 4.05. The molecule has 0 bridgehead atoms. The average molecular weight is 416 g/mol. The molecule has 5 heterocycles. The molecule has 1 saturated heterocycles. The van der Waals surface area contributed by atoms with E-state index in [0.717, 1.165) is 34.7 Å². The van der Waals surface area contributed by atoms with Crippen molar-refractivity contribution >= 4 is 22.8 Å². The summed E-state index contributed by atoms with van der Waals surface area (Å²) in [7, 11) is 0. The molecule has 0 spiro atoms. The lowest BCUT2D eigenvalue weighted by Gasteiger charge is -2.36. The molecule has 2 aliphatic rings. The number of imidazole rings is 1. The van der Waals surface area contributed by atoms with E-state index in [1.165, 1.54) is 0 Å². The molecule has 9 heteroatoms. The quantitative estimate of drug-likeness (QED) is 0.466. The molecule has 0 amide bonds. The van der Waals surface area contributed by atoms with Gasteiger partial charge in [0.25, 0.3) is 0 Å². The van der Waals surface area contributed by atoms with Crippen LogP contribution in [-0.2, 0) is 10.3 Å². The van der Waals surface area contributed by atoms with E-state index < -0.39 is 5.60 Å². The van der Waals surface area contributed by atoms with Gasteiger partial charge in [-0.2, -0.15) is 0 Å². The van der Waals surface area contributed by atoms with Gasteiger partial charge in [0, 0.05) is 42.6 Å². The zero-order valence-corrected chi connectivity index (χ0v) is 16.6. The van der Waals surface area contributed by atoms with Gasteiger partial charge in [-0.3, -0.25) is 0 Å². The van der Waals surface area contributed by atoms with Crippen molar-refractivity contribution in [1.82, 2.24) is 19.4 Å². The molecule has 6 rings (SSSR count). The van der Waals surface area contributed by atoms with Crippen LogP contribution in [0.15, 0.2) is 55.1 Å². The summed E-state index contributed by atoms with van der Waals surface area (Å²) in [6, 6.07) is 9.63. The Morgan fingerprint density at radius 3 is 2.84 bits per heavy atom. The molecule has 2 aliphatic heterocycles. The number of benzene rings is 1. The molecular weight excluding hydrogens is 396 g/mol. The van der Waals surface area contributed by atoms with Gasteiger partial charge in [-0.05, 0) is 23.8 Å². The van der Waals surface area contributed by atoms with Crippen LogP contribution in [0.1, 0.15) is 5.56 Å². The van der Waals surface area contributed by atoms with Gasteiger partial charge >= 0.3 is 0 Å². The number of hydrogen-bond acceptors (Lipinski definition) is 8. The number of rotatable bonds is 4. The molecule has 3 aromatic heterocycles.